The second-order valence-corrected chi connectivity index (χ2v) is 4.10. The van der Waals surface area contributed by atoms with Crippen LogP contribution in [0.5, 0.6) is 5.75 Å². The van der Waals surface area contributed by atoms with Crippen LogP contribution in [0, 0.1) is 11.8 Å². The molecular weight excluding hydrogens is 252 g/mol. The maximum Gasteiger partial charge on any atom is 0.138 e. The minimum atomic E-state index is 0.0701. The van der Waals surface area contributed by atoms with Crippen LogP contribution in [0.1, 0.15) is 17.7 Å². The highest BCUT2D eigenvalue weighted by molar-refractivity contribution is 5.36. The van der Waals surface area contributed by atoms with Crippen molar-refractivity contribution in [2.24, 2.45) is 0 Å². The highest BCUT2D eigenvalue weighted by Crippen LogP contribution is 2.10. The lowest BCUT2D eigenvalue weighted by Gasteiger charge is -2.05. The van der Waals surface area contributed by atoms with Gasteiger partial charge < -0.3 is 9.84 Å². The predicted molar refractivity (Wildman–Crippen MR) is 76.3 cm³/mol. The second-order valence-electron chi connectivity index (χ2n) is 4.10. The van der Waals surface area contributed by atoms with Crippen molar-refractivity contribution in [2.75, 3.05) is 13.2 Å². The van der Waals surface area contributed by atoms with E-state index in [4.69, 9.17) is 9.84 Å². The van der Waals surface area contributed by atoms with E-state index in [0.29, 0.717) is 18.8 Å². The molecule has 0 radical (unpaired) electrons. The zero-order valence-electron chi connectivity index (χ0n) is 11.1. The Morgan fingerprint density at radius 3 is 3.00 bits per heavy atom. The first-order chi connectivity index (χ1) is 9.88. The van der Waals surface area contributed by atoms with Gasteiger partial charge in [0, 0.05) is 36.5 Å². The van der Waals surface area contributed by atoms with Crippen molar-refractivity contribution in [1.29, 1.82) is 0 Å². The number of hydrogen-bond acceptors (Lipinski definition) is 4. The zero-order valence-corrected chi connectivity index (χ0v) is 11.1. The number of aliphatic hydroxyl groups is 1. The standard InChI is InChI=1S/C16H16N2O2/c19-9-4-2-5-14-11-16(13-17-12-14)20-10-7-15-6-1-3-8-18-15/h1,3,6,8,11-13,19H,4,7,9-10H2. The van der Waals surface area contributed by atoms with Gasteiger partial charge in [-0.1, -0.05) is 17.9 Å². The Morgan fingerprint density at radius 2 is 2.20 bits per heavy atom. The molecule has 2 aromatic rings. The van der Waals surface area contributed by atoms with Crippen LogP contribution in [0.4, 0.5) is 0 Å². The van der Waals surface area contributed by atoms with Crippen molar-refractivity contribution < 1.29 is 9.84 Å². The van der Waals surface area contributed by atoms with Gasteiger partial charge in [-0.25, -0.2) is 0 Å². The Balaban J connectivity index is 1.87. The Kier molecular flexibility index (Phi) is 5.56. The molecule has 0 unspecified atom stereocenters. The first-order valence-electron chi connectivity index (χ1n) is 6.46. The smallest absolute Gasteiger partial charge is 0.138 e. The molecule has 20 heavy (non-hydrogen) atoms. The number of pyridine rings is 2. The minimum absolute atomic E-state index is 0.0701. The van der Waals surface area contributed by atoms with Crippen molar-refractivity contribution in [3.05, 3.63) is 54.1 Å². The molecule has 0 fully saturated rings. The molecule has 0 amide bonds. The Labute approximate surface area is 118 Å². The highest BCUT2D eigenvalue weighted by Gasteiger charge is 1.98. The molecule has 0 aliphatic carbocycles. The summed E-state index contributed by atoms with van der Waals surface area (Å²) in [6, 6.07) is 7.66. The molecule has 0 saturated heterocycles. The van der Waals surface area contributed by atoms with Crippen LogP contribution in [-0.2, 0) is 6.42 Å². The van der Waals surface area contributed by atoms with Crippen LogP contribution in [0.25, 0.3) is 0 Å². The van der Waals surface area contributed by atoms with Crippen molar-refractivity contribution in [3.8, 4) is 17.6 Å². The predicted octanol–water partition coefficient (Wildman–Crippen LogP) is 1.83. The number of hydrogen-bond donors (Lipinski definition) is 1. The largest absolute Gasteiger partial charge is 0.492 e. The number of aromatic nitrogens is 2. The van der Waals surface area contributed by atoms with Crippen molar-refractivity contribution in [3.63, 3.8) is 0 Å². The summed E-state index contributed by atoms with van der Waals surface area (Å²) < 4.78 is 5.64. The molecule has 0 atom stereocenters. The Morgan fingerprint density at radius 1 is 1.25 bits per heavy atom. The van der Waals surface area contributed by atoms with Crippen LogP contribution in [0.15, 0.2) is 42.9 Å². The third-order valence-corrected chi connectivity index (χ3v) is 2.54. The van der Waals surface area contributed by atoms with Gasteiger partial charge in [-0.15, -0.1) is 0 Å². The summed E-state index contributed by atoms with van der Waals surface area (Å²) in [5.74, 6) is 6.48. The molecule has 0 bridgehead atoms. The van der Waals surface area contributed by atoms with E-state index in [-0.39, 0.29) is 6.61 Å². The Bertz CT molecular complexity index is 588. The molecule has 102 valence electrons. The van der Waals surface area contributed by atoms with Crippen molar-refractivity contribution >= 4 is 0 Å². The van der Waals surface area contributed by atoms with Gasteiger partial charge in [0.05, 0.1) is 19.4 Å². The van der Waals surface area contributed by atoms with Gasteiger partial charge in [-0.2, -0.15) is 0 Å². The lowest BCUT2D eigenvalue weighted by molar-refractivity contribution is 0.305. The first kappa shape index (κ1) is 14.0. The highest BCUT2D eigenvalue weighted by atomic mass is 16.5. The number of nitrogens with zero attached hydrogens (tertiary/aromatic N) is 2. The van der Waals surface area contributed by atoms with Gasteiger partial charge in [-0.3, -0.25) is 9.97 Å². The van der Waals surface area contributed by atoms with Crippen LogP contribution < -0.4 is 4.74 Å². The average Bonchev–Trinajstić information content (AvgIpc) is 2.49. The molecule has 0 spiro atoms. The molecule has 0 aliphatic rings. The van der Waals surface area contributed by atoms with E-state index >= 15 is 0 Å². The van der Waals surface area contributed by atoms with Gasteiger partial charge in [-0.05, 0) is 18.2 Å². The van der Waals surface area contributed by atoms with Gasteiger partial charge in [0.25, 0.3) is 0 Å². The summed E-state index contributed by atoms with van der Waals surface area (Å²) in [6.45, 7) is 0.618. The number of rotatable bonds is 5. The molecule has 0 aromatic carbocycles. The maximum atomic E-state index is 8.67. The topological polar surface area (TPSA) is 55.2 Å². The van der Waals surface area contributed by atoms with E-state index in [2.05, 4.69) is 21.8 Å². The maximum absolute atomic E-state index is 8.67. The van der Waals surface area contributed by atoms with E-state index in [9.17, 15) is 0 Å². The summed E-state index contributed by atoms with van der Waals surface area (Å²) >= 11 is 0. The third-order valence-electron chi connectivity index (χ3n) is 2.54. The van der Waals surface area contributed by atoms with E-state index in [1.54, 1.807) is 18.6 Å². The SMILES string of the molecule is OCCC#Cc1cncc(OCCc2ccccn2)c1. The van der Waals surface area contributed by atoms with Crippen LogP contribution >= 0.6 is 0 Å². The second kappa shape index (κ2) is 7.93. The summed E-state index contributed by atoms with van der Waals surface area (Å²) in [5, 5.41) is 8.67. The lowest BCUT2D eigenvalue weighted by atomic mass is 10.2. The fourth-order valence-corrected chi connectivity index (χ4v) is 1.61. The molecule has 0 aliphatic heterocycles. The lowest BCUT2D eigenvalue weighted by Crippen LogP contribution is -2.03. The third kappa shape index (κ3) is 4.71. The quantitative estimate of drug-likeness (QED) is 0.841. The number of aliphatic hydroxyl groups excluding tert-OH is 1. The molecule has 2 aromatic heterocycles. The van der Waals surface area contributed by atoms with Crippen LogP contribution in [0.3, 0.4) is 0 Å². The zero-order chi connectivity index (χ0) is 14.0. The van der Waals surface area contributed by atoms with Crippen LogP contribution in [0.2, 0.25) is 0 Å². The molecular formula is C16H16N2O2. The van der Waals surface area contributed by atoms with Crippen molar-refractivity contribution in [2.45, 2.75) is 12.8 Å². The summed E-state index contributed by atoms with van der Waals surface area (Å²) in [5.41, 5.74) is 1.79. The van der Waals surface area contributed by atoms with Crippen LogP contribution in [-0.4, -0.2) is 28.3 Å². The fraction of sp³-hybridized carbons (Fsp3) is 0.250. The summed E-state index contributed by atoms with van der Waals surface area (Å²) in [6.07, 6.45) is 6.33. The molecule has 2 heterocycles. The van der Waals surface area contributed by atoms with E-state index in [1.165, 1.54) is 0 Å². The first-order valence-corrected chi connectivity index (χ1v) is 6.46. The average molecular weight is 268 g/mol. The summed E-state index contributed by atoms with van der Waals surface area (Å²) in [4.78, 5) is 8.32. The Hall–Kier alpha value is -2.38. The van der Waals surface area contributed by atoms with E-state index in [1.807, 2.05) is 24.3 Å². The van der Waals surface area contributed by atoms with Gasteiger partial charge >= 0.3 is 0 Å². The van der Waals surface area contributed by atoms with Crippen molar-refractivity contribution in [1.82, 2.24) is 9.97 Å². The number of ether oxygens (including phenoxy) is 1. The van der Waals surface area contributed by atoms with Gasteiger partial charge in [0.15, 0.2) is 0 Å². The van der Waals surface area contributed by atoms with E-state index in [0.717, 1.165) is 17.7 Å². The van der Waals surface area contributed by atoms with Gasteiger partial charge in [0.1, 0.15) is 5.75 Å². The molecule has 4 nitrogen and oxygen atoms in total. The van der Waals surface area contributed by atoms with E-state index < -0.39 is 0 Å². The minimum Gasteiger partial charge on any atom is -0.492 e. The molecule has 2 rings (SSSR count). The normalized spacial score (nSPS) is 9.65. The molecule has 1 N–H and O–H groups in total. The van der Waals surface area contributed by atoms with Gasteiger partial charge in [0.2, 0.25) is 0 Å². The molecule has 0 saturated carbocycles. The monoisotopic (exact) mass is 268 g/mol. The molecule has 4 heteroatoms. The fourth-order valence-electron chi connectivity index (χ4n) is 1.61. The summed E-state index contributed by atoms with van der Waals surface area (Å²) in [7, 11) is 0.